The first-order valence-corrected chi connectivity index (χ1v) is 9.92. The van der Waals surface area contributed by atoms with Crippen LogP contribution in [0.25, 0.3) is 6.08 Å². The fraction of sp³-hybridized carbons (Fsp3) is 0.0870. The van der Waals surface area contributed by atoms with Gasteiger partial charge in [-0.25, -0.2) is 0 Å². The van der Waals surface area contributed by atoms with Gasteiger partial charge in [0.1, 0.15) is 6.61 Å². The molecule has 0 N–H and O–H groups in total. The van der Waals surface area contributed by atoms with Gasteiger partial charge in [-0.2, -0.15) is 0 Å². The molecule has 0 aromatic heterocycles. The van der Waals surface area contributed by atoms with Crippen LogP contribution in [0.4, 0.5) is 0 Å². The molecule has 1 heterocycles. The normalized spacial score (nSPS) is 14.2. The Kier molecular flexibility index (Phi) is 5.42. The van der Waals surface area contributed by atoms with Crippen LogP contribution < -0.4 is 9.47 Å². The molecule has 0 fully saturated rings. The van der Waals surface area contributed by atoms with E-state index in [-0.39, 0.29) is 5.78 Å². The van der Waals surface area contributed by atoms with Crippen molar-refractivity contribution < 1.29 is 14.3 Å². The lowest BCUT2D eigenvalue weighted by Crippen LogP contribution is -1.99. The maximum Gasteiger partial charge on any atom is 0.200 e. The van der Waals surface area contributed by atoms with Gasteiger partial charge in [-0.3, -0.25) is 4.79 Å². The monoisotopic (exact) mass is 408 g/mol. The Morgan fingerprint density at radius 1 is 1.00 bits per heavy atom. The first-order valence-electron chi connectivity index (χ1n) is 8.73. The lowest BCUT2D eigenvalue weighted by molar-refractivity contribution is 0.104. The molecule has 0 radical (unpaired) electrons. The number of hydrogen-bond donors (Lipinski definition) is 0. The number of methoxy groups -OCH3 is 1. The summed E-state index contributed by atoms with van der Waals surface area (Å²) in [4.78, 5) is 14.2. The Morgan fingerprint density at radius 2 is 1.79 bits per heavy atom. The lowest BCUT2D eigenvalue weighted by Gasteiger charge is -2.12. The van der Waals surface area contributed by atoms with E-state index in [1.54, 1.807) is 7.11 Å². The van der Waals surface area contributed by atoms with Gasteiger partial charge < -0.3 is 9.47 Å². The summed E-state index contributed by atoms with van der Waals surface area (Å²) in [5.74, 6) is 1.28. The van der Waals surface area contributed by atoms with Gasteiger partial charge in [-0.1, -0.05) is 59.8 Å². The van der Waals surface area contributed by atoms with Crippen LogP contribution in [0, 0.1) is 0 Å². The van der Waals surface area contributed by atoms with Gasteiger partial charge in [0.25, 0.3) is 0 Å². The summed E-state index contributed by atoms with van der Waals surface area (Å²) < 4.78 is 11.4. The molecule has 1 aliphatic heterocycles. The summed E-state index contributed by atoms with van der Waals surface area (Å²) in [6.45, 7) is 0.347. The maximum absolute atomic E-state index is 12.6. The number of allylic oxidation sites excluding steroid dienone is 1. The predicted octanol–water partition coefficient (Wildman–Crippen LogP) is 6.26. The summed E-state index contributed by atoms with van der Waals surface area (Å²) >= 11 is 7.67. The molecule has 28 heavy (non-hydrogen) atoms. The summed E-state index contributed by atoms with van der Waals surface area (Å²) in [5.41, 5.74) is 2.54. The second kappa shape index (κ2) is 8.13. The maximum atomic E-state index is 12.6. The molecular weight excluding hydrogens is 392 g/mol. The van der Waals surface area contributed by atoms with Crippen molar-refractivity contribution in [2.45, 2.75) is 11.5 Å². The number of benzene rings is 3. The van der Waals surface area contributed by atoms with Gasteiger partial charge in [0.2, 0.25) is 5.78 Å². The standard InChI is InChI=1S/C23H17ClO3S/c1-26-20-12-15(13-22-23(25)17-7-3-5-9-21(17)28-22)10-11-19(20)27-14-16-6-2-4-8-18(16)24/h2-13H,14H2,1H3/b22-13+. The first kappa shape index (κ1) is 18.7. The highest BCUT2D eigenvalue weighted by Gasteiger charge is 2.25. The van der Waals surface area contributed by atoms with E-state index < -0.39 is 0 Å². The molecule has 0 aliphatic carbocycles. The molecule has 0 saturated carbocycles. The van der Waals surface area contributed by atoms with E-state index in [1.165, 1.54) is 11.8 Å². The predicted molar refractivity (Wildman–Crippen MR) is 113 cm³/mol. The van der Waals surface area contributed by atoms with Crippen LogP contribution in [0.2, 0.25) is 5.02 Å². The molecule has 0 atom stereocenters. The van der Waals surface area contributed by atoms with Gasteiger partial charge >= 0.3 is 0 Å². The topological polar surface area (TPSA) is 35.5 Å². The summed E-state index contributed by atoms with van der Waals surface area (Å²) in [7, 11) is 1.60. The number of fused-ring (bicyclic) bond motifs is 1. The number of hydrogen-bond acceptors (Lipinski definition) is 4. The summed E-state index contributed by atoms with van der Waals surface area (Å²) in [6.07, 6.45) is 1.88. The van der Waals surface area contributed by atoms with Crippen molar-refractivity contribution in [1.82, 2.24) is 0 Å². The van der Waals surface area contributed by atoms with Crippen LogP contribution in [0.15, 0.2) is 76.5 Å². The van der Waals surface area contributed by atoms with Gasteiger partial charge in [0.15, 0.2) is 11.5 Å². The highest BCUT2D eigenvalue weighted by molar-refractivity contribution is 8.04. The van der Waals surface area contributed by atoms with Crippen molar-refractivity contribution in [2.24, 2.45) is 0 Å². The Hall–Kier alpha value is -2.69. The van der Waals surface area contributed by atoms with E-state index in [4.69, 9.17) is 21.1 Å². The third-order valence-corrected chi connectivity index (χ3v) is 5.87. The highest BCUT2D eigenvalue weighted by atomic mass is 35.5. The van der Waals surface area contributed by atoms with Crippen LogP contribution >= 0.6 is 23.4 Å². The van der Waals surface area contributed by atoms with Crippen LogP contribution in [0.1, 0.15) is 21.5 Å². The Labute approximate surface area is 172 Å². The second-order valence-electron chi connectivity index (χ2n) is 6.23. The quantitative estimate of drug-likeness (QED) is 0.467. The van der Waals surface area contributed by atoms with Gasteiger partial charge in [0, 0.05) is 21.0 Å². The molecule has 0 saturated heterocycles. The number of thioether (sulfide) groups is 1. The van der Waals surface area contributed by atoms with Crippen molar-refractivity contribution in [3.8, 4) is 11.5 Å². The molecule has 0 unspecified atom stereocenters. The molecule has 0 spiro atoms. The minimum Gasteiger partial charge on any atom is -0.493 e. The number of rotatable bonds is 5. The van der Waals surface area contributed by atoms with Crippen LogP contribution in [0.5, 0.6) is 11.5 Å². The molecule has 5 heteroatoms. The molecule has 140 valence electrons. The first-order chi connectivity index (χ1) is 13.7. The SMILES string of the molecule is COc1cc(/C=C2/Sc3ccccc3C2=O)ccc1OCc1ccccc1Cl. The van der Waals surface area contributed by atoms with Crippen molar-refractivity contribution >= 4 is 35.2 Å². The highest BCUT2D eigenvalue weighted by Crippen LogP contribution is 2.41. The lowest BCUT2D eigenvalue weighted by atomic mass is 10.1. The average Bonchev–Trinajstić information content (AvgIpc) is 3.03. The summed E-state index contributed by atoms with van der Waals surface area (Å²) in [5, 5.41) is 0.666. The molecule has 1 aliphatic rings. The number of Topliss-reactive ketones (excluding diaryl/α,β-unsaturated/α-hetero) is 1. The van der Waals surface area contributed by atoms with Crippen molar-refractivity contribution in [1.29, 1.82) is 0 Å². The zero-order valence-electron chi connectivity index (χ0n) is 15.1. The Morgan fingerprint density at radius 3 is 2.57 bits per heavy atom. The largest absolute Gasteiger partial charge is 0.493 e. The molecule has 0 bridgehead atoms. The molecule has 3 nitrogen and oxygen atoms in total. The van der Waals surface area contributed by atoms with Gasteiger partial charge in [-0.15, -0.1) is 0 Å². The minimum absolute atomic E-state index is 0.0543. The van der Waals surface area contributed by atoms with Crippen molar-refractivity contribution in [2.75, 3.05) is 7.11 Å². The molecule has 3 aromatic carbocycles. The fourth-order valence-electron chi connectivity index (χ4n) is 2.95. The Bertz CT molecular complexity index is 1070. The van der Waals surface area contributed by atoms with E-state index in [9.17, 15) is 4.79 Å². The number of ether oxygens (including phenoxy) is 2. The van der Waals surface area contributed by atoms with E-state index in [2.05, 4.69) is 0 Å². The third-order valence-electron chi connectivity index (χ3n) is 4.40. The average molecular weight is 409 g/mol. The fourth-order valence-corrected chi connectivity index (χ4v) is 4.19. The number of carbonyl (C=O) groups excluding carboxylic acids is 1. The van der Waals surface area contributed by atoms with Crippen molar-refractivity contribution in [3.63, 3.8) is 0 Å². The number of ketones is 1. The van der Waals surface area contributed by atoms with Crippen LogP contribution in [-0.4, -0.2) is 12.9 Å². The Balaban J connectivity index is 1.55. The summed E-state index contributed by atoms with van der Waals surface area (Å²) in [6, 6.07) is 20.8. The zero-order valence-corrected chi connectivity index (χ0v) is 16.7. The molecular formula is C23H17ClO3S. The van der Waals surface area contributed by atoms with Crippen LogP contribution in [-0.2, 0) is 6.61 Å². The minimum atomic E-state index is 0.0543. The third kappa shape index (κ3) is 3.79. The number of carbonyl (C=O) groups is 1. The van der Waals surface area contributed by atoms with E-state index in [0.29, 0.717) is 28.0 Å². The van der Waals surface area contributed by atoms with E-state index >= 15 is 0 Å². The van der Waals surface area contributed by atoms with E-state index in [0.717, 1.165) is 21.6 Å². The zero-order chi connectivity index (χ0) is 19.5. The molecule has 3 aromatic rings. The van der Waals surface area contributed by atoms with Gasteiger partial charge in [0.05, 0.1) is 12.0 Å². The number of halogens is 1. The second-order valence-corrected chi connectivity index (χ2v) is 7.72. The smallest absolute Gasteiger partial charge is 0.200 e. The van der Waals surface area contributed by atoms with Gasteiger partial charge in [-0.05, 0) is 42.0 Å². The molecule has 4 rings (SSSR count). The van der Waals surface area contributed by atoms with E-state index in [1.807, 2.05) is 72.8 Å². The van der Waals surface area contributed by atoms with Crippen LogP contribution in [0.3, 0.4) is 0 Å². The van der Waals surface area contributed by atoms with Crippen molar-refractivity contribution in [3.05, 3.63) is 93.3 Å². The molecule has 0 amide bonds.